The molecular weight excluding hydrogens is 332 g/mol. The molecule has 1 saturated heterocycles. The van der Waals surface area contributed by atoms with E-state index >= 15 is 0 Å². The Hall–Kier alpha value is -2.41. The number of benzene rings is 1. The molecule has 0 aliphatic carbocycles. The maximum absolute atomic E-state index is 12.5. The first kappa shape index (κ1) is 19.9. The highest BCUT2D eigenvalue weighted by Gasteiger charge is 2.34. The van der Waals surface area contributed by atoms with Gasteiger partial charge in [0.05, 0.1) is 12.5 Å². The third-order valence-corrected chi connectivity index (χ3v) is 4.04. The zero-order chi connectivity index (χ0) is 19.3. The molecule has 0 aromatic heterocycles. The van der Waals surface area contributed by atoms with Crippen molar-refractivity contribution in [3.8, 4) is 0 Å². The molecule has 0 radical (unpaired) electrons. The van der Waals surface area contributed by atoms with E-state index in [0.29, 0.717) is 30.4 Å². The fourth-order valence-corrected chi connectivity index (χ4v) is 2.97. The van der Waals surface area contributed by atoms with E-state index < -0.39 is 0 Å². The lowest BCUT2D eigenvalue weighted by atomic mass is 10.1. The summed E-state index contributed by atoms with van der Waals surface area (Å²) in [7, 11) is 3.64. The molecule has 1 unspecified atom stereocenters. The lowest BCUT2D eigenvalue weighted by Crippen LogP contribution is -2.31. The van der Waals surface area contributed by atoms with Crippen molar-refractivity contribution in [3.63, 3.8) is 0 Å². The van der Waals surface area contributed by atoms with Gasteiger partial charge in [0.1, 0.15) is 0 Å². The number of likely N-dealkylation sites (tertiary alicyclic amines) is 1. The van der Waals surface area contributed by atoms with Gasteiger partial charge < -0.3 is 20.4 Å². The number of nitrogens with one attached hydrogen (secondary N) is 2. The van der Waals surface area contributed by atoms with Gasteiger partial charge >= 0.3 is 0 Å². The van der Waals surface area contributed by atoms with E-state index in [9.17, 15) is 14.4 Å². The zero-order valence-corrected chi connectivity index (χ0v) is 15.9. The number of anilines is 2. The molecule has 1 atom stereocenters. The second-order valence-corrected chi connectivity index (χ2v) is 7.45. The van der Waals surface area contributed by atoms with Crippen LogP contribution in [-0.4, -0.2) is 61.3 Å². The fraction of sp³-hybridized carbons (Fsp3) is 0.526. The zero-order valence-electron chi connectivity index (χ0n) is 15.9. The summed E-state index contributed by atoms with van der Waals surface area (Å²) in [5, 5.41) is 5.65. The van der Waals surface area contributed by atoms with Crippen LogP contribution in [0, 0.1) is 11.8 Å². The predicted octanol–water partition coefficient (Wildman–Crippen LogP) is 1.63. The normalized spacial score (nSPS) is 17.1. The van der Waals surface area contributed by atoms with Crippen LogP contribution < -0.4 is 10.6 Å². The molecule has 142 valence electrons. The van der Waals surface area contributed by atoms with Gasteiger partial charge in [-0.1, -0.05) is 19.9 Å². The summed E-state index contributed by atoms with van der Waals surface area (Å²) in [6.07, 6.45) is 0.248. The van der Waals surface area contributed by atoms with Crippen molar-refractivity contribution in [1.82, 2.24) is 9.80 Å². The molecule has 1 aliphatic rings. The number of carbonyl (C=O) groups is 3. The van der Waals surface area contributed by atoms with E-state index in [0.717, 1.165) is 0 Å². The van der Waals surface area contributed by atoms with Crippen molar-refractivity contribution in [3.05, 3.63) is 24.3 Å². The van der Waals surface area contributed by atoms with Crippen LogP contribution in [0.3, 0.4) is 0 Å². The minimum atomic E-state index is -0.340. The standard InChI is InChI=1S/C19H28N4O3/c1-13(2)10-23-11-14(8-18(23)25)19(26)21-16-7-5-6-15(9-16)20-17(24)12-22(3)4/h5-7,9,13-14H,8,10-12H2,1-4H3,(H,20,24)(H,21,26). The molecule has 2 N–H and O–H groups in total. The van der Waals surface area contributed by atoms with Crippen molar-refractivity contribution >= 4 is 29.1 Å². The molecule has 7 heteroatoms. The fourth-order valence-electron chi connectivity index (χ4n) is 2.97. The number of likely N-dealkylation sites (N-methyl/N-ethyl adjacent to an activating group) is 1. The van der Waals surface area contributed by atoms with Gasteiger partial charge in [0.25, 0.3) is 0 Å². The van der Waals surface area contributed by atoms with Gasteiger partial charge in [-0.3, -0.25) is 14.4 Å². The third-order valence-electron chi connectivity index (χ3n) is 4.04. The Kier molecular flexibility index (Phi) is 6.74. The lowest BCUT2D eigenvalue weighted by Gasteiger charge is -2.18. The van der Waals surface area contributed by atoms with E-state index in [1.165, 1.54) is 0 Å². The monoisotopic (exact) mass is 360 g/mol. The van der Waals surface area contributed by atoms with Crippen LogP contribution in [0.1, 0.15) is 20.3 Å². The summed E-state index contributed by atoms with van der Waals surface area (Å²) >= 11 is 0. The van der Waals surface area contributed by atoms with E-state index in [-0.39, 0.29) is 36.6 Å². The van der Waals surface area contributed by atoms with Crippen LogP contribution in [0.15, 0.2) is 24.3 Å². The van der Waals surface area contributed by atoms with E-state index in [4.69, 9.17) is 0 Å². The second-order valence-electron chi connectivity index (χ2n) is 7.45. The minimum Gasteiger partial charge on any atom is -0.342 e. The summed E-state index contributed by atoms with van der Waals surface area (Å²) in [5.41, 5.74) is 1.23. The highest BCUT2D eigenvalue weighted by Crippen LogP contribution is 2.22. The van der Waals surface area contributed by atoms with Crippen LogP contribution in [0.2, 0.25) is 0 Å². The van der Waals surface area contributed by atoms with Crippen LogP contribution in [0.4, 0.5) is 11.4 Å². The van der Waals surface area contributed by atoms with Crippen molar-refractivity contribution < 1.29 is 14.4 Å². The summed E-state index contributed by atoms with van der Waals surface area (Å²) < 4.78 is 0. The summed E-state index contributed by atoms with van der Waals surface area (Å²) in [4.78, 5) is 39.9. The molecule has 2 rings (SSSR count). The molecule has 1 aliphatic heterocycles. The lowest BCUT2D eigenvalue weighted by molar-refractivity contribution is -0.128. The molecule has 3 amide bonds. The molecule has 1 fully saturated rings. The Labute approximate surface area is 154 Å². The van der Waals surface area contributed by atoms with Crippen LogP contribution >= 0.6 is 0 Å². The number of rotatable bonds is 7. The number of amides is 3. The van der Waals surface area contributed by atoms with Crippen LogP contribution in [0.5, 0.6) is 0 Å². The van der Waals surface area contributed by atoms with Crippen LogP contribution in [0.25, 0.3) is 0 Å². The molecule has 7 nitrogen and oxygen atoms in total. The number of hydrogen-bond acceptors (Lipinski definition) is 4. The molecular formula is C19H28N4O3. The number of carbonyl (C=O) groups excluding carboxylic acids is 3. The maximum atomic E-state index is 12.5. The maximum Gasteiger partial charge on any atom is 0.238 e. The average Bonchev–Trinajstić information content (AvgIpc) is 2.87. The SMILES string of the molecule is CC(C)CN1CC(C(=O)Nc2cccc(NC(=O)CN(C)C)c2)CC1=O. The topological polar surface area (TPSA) is 81.8 Å². The van der Waals surface area contributed by atoms with E-state index in [1.54, 1.807) is 34.1 Å². The quantitative estimate of drug-likeness (QED) is 0.774. The molecule has 1 aromatic carbocycles. The summed E-state index contributed by atoms with van der Waals surface area (Å²) in [6.45, 7) is 5.53. The minimum absolute atomic E-state index is 0.0311. The van der Waals surface area contributed by atoms with E-state index in [1.807, 2.05) is 14.1 Å². The number of hydrogen-bond donors (Lipinski definition) is 2. The van der Waals surface area contributed by atoms with Gasteiger partial charge in [-0.25, -0.2) is 0 Å². The third kappa shape index (κ3) is 5.84. The van der Waals surface area contributed by atoms with Gasteiger partial charge in [0, 0.05) is 30.9 Å². The molecule has 0 bridgehead atoms. The number of nitrogens with zero attached hydrogens (tertiary/aromatic N) is 2. The van der Waals surface area contributed by atoms with Crippen molar-refractivity contribution in [1.29, 1.82) is 0 Å². The Balaban J connectivity index is 1.94. The van der Waals surface area contributed by atoms with Gasteiger partial charge in [0.2, 0.25) is 17.7 Å². The van der Waals surface area contributed by atoms with Gasteiger partial charge in [-0.15, -0.1) is 0 Å². The van der Waals surface area contributed by atoms with Crippen LogP contribution in [-0.2, 0) is 14.4 Å². The Morgan fingerprint density at radius 1 is 1.23 bits per heavy atom. The van der Waals surface area contributed by atoms with Crippen molar-refractivity contribution in [2.75, 3.05) is 44.4 Å². The second kappa shape index (κ2) is 8.80. The average molecular weight is 360 g/mol. The van der Waals surface area contributed by atoms with E-state index in [2.05, 4.69) is 24.5 Å². The predicted molar refractivity (Wildman–Crippen MR) is 102 cm³/mol. The Morgan fingerprint density at radius 3 is 2.50 bits per heavy atom. The smallest absolute Gasteiger partial charge is 0.238 e. The first-order valence-electron chi connectivity index (χ1n) is 8.88. The molecule has 26 heavy (non-hydrogen) atoms. The van der Waals surface area contributed by atoms with Gasteiger partial charge in [-0.2, -0.15) is 0 Å². The summed E-state index contributed by atoms with van der Waals surface area (Å²) in [5.74, 6) is -0.217. The van der Waals surface area contributed by atoms with Crippen molar-refractivity contribution in [2.24, 2.45) is 11.8 Å². The highest BCUT2D eigenvalue weighted by atomic mass is 16.2. The Morgan fingerprint density at radius 2 is 1.88 bits per heavy atom. The highest BCUT2D eigenvalue weighted by molar-refractivity contribution is 5.98. The van der Waals surface area contributed by atoms with Crippen molar-refractivity contribution in [2.45, 2.75) is 20.3 Å². The first-order valence-corrected chi connectivity index (χ1v) is 8.88. The molecule has 1 heterocycles. The van der Waals surface area contributed by atoms with Gasteiger partial charge in [-0.05, 0) is 38.2 Å². The Bertz CT molecular complexity index is 673. The summed E-state index contributed by atoms with van der Waals surface area (Å²) in [6, 6.07) is 7.02. The molecule has 0 saturated carbocycles. The largest absolute Gasteiger partial charge is 0.342 e. The first-order chi connectivity index (χ1) is 12.2. The molecule has 0 spiro atoms. The van der Waals surface area contributed by atoms with Gasteiger partial charge in [0.15, 0.2) is 0 Å². The molecule has 1 aromatic rings.